The van der Waals surface area contributed by atoms with E-state index in [1.165, 1.54) is 18.3 Å². The van der Waals surface area contributed by atoms with Gasteiger partial charge in [0, 0.05) is 31.1 Å². The van der Waals surface area contributed by atoms with Crippen LogP contribution in [0.25, 0.3) is 11.3 Å². The van der Waals surface area contributed by atoms with Crippen LogP contribution in [-0.4, -0.2) is 60.2 Å². The summed E-state index contributed by atoms with van der Waals surface area (Å²) in [4.78, 5) is 41.4. The van der Waals surface area contributed by atoms with Crippen molar-refractivity contribution in [1.82, 2.24) is 15.2 Å². The van der Waals surface area contributed by atoms with Crippen LogP contribution in [0.1, 0.15) is 32.1 Å². The van der Waals surface area contributed by atoms with E-state index in [1.54, 1.807) is 24.0 Å². The molecule has 1 fully saturated rings. The van der Waals surface area contributed by atoms with E-state index in [2.05, 4.69) is 10.3 Å². The maximum atomic E-state index is 13.0. The van der Waals surface area contributed by atoms with Crippen LogP contribution in [0.15, 0.2) is 34.9 Å². The number of nitrogens with one attached hydrogen (secondary N) is 1. The summed E-state index contributed by atoms with van der Waals surface area (Å²) < 4.78 is 28.6. The van der Waals surface area contributed by atoms with Crippen molar-refractivity contribution in [1.29, 1.82) is 0 Å². The van der Waals surface area contributed by atoms with Gasteiger partial charge in [-0.15, -0.1) is 0 Å². The molecule has 2 heterocycles. The molecule has 1 saturated heterocycles. The Morgan fingerprint density at radius 2 is 1.91 bits per heavy atom. The molecule has 10 heteroatoms. The third kappa shape index (κ3) is 6.79. The van der Waals surface area contributed by atoms with Gasteiger partial charge in [-0.05, 0) is 44.0 Å². The lowest BCUT2D eigenvalue weighted by atomic mass is 10.1. The predicted octanol–water partition coefficient (Wildman–Crippen LogP) is 2.69. The Morgan fingerprint density at radius 1 is 1.19 bits per heavy atom. The average molecular weight is 447 g/mol. The number of piperidine rings is 1. The van der Waals surface area contributed by atoms with Crippen molar-refractivity contribution in [3.05, 3.63) is 42.2 Å². The number of ether oxygens (including phenoxy) is 2. The van der Waals surface area contributed by atoms with E-state index in [0.29, 0.717) is 49.8 Å². The molecule has 2 amide bonds. The number of aromatic nitrogens is 1. The van der Waals surface area contributed by atoms with Gasteiger partial charge in [0.2, 0.25) is 0 Å². The summed E-state index contributed by atoms with van der Waals surface area (Å²) in [6, 6.07) is 5.72. The van der Waals surface area contributed by atoms with Gasteiger partial charge in [-0.25, -0.2) is 14.2 Å². The van der Waals surface area contributed by atoms with E-state index in [4.69, 9.17) is 13.9 Å². The molecule has 32 heavy (non-hydrogen) atoms. The van der Waals surface area contributed by atoms with Crippen LogP contribution in [0.2, 0.25) is 0 Å². The first-order valence-corrected chi connectivity index (χ1v) is 10.5. The molecule has 3 rings (SSSR count). The first kappa shape index (κ1) is 23.2. The molecule has 0 spiro atoms. The number of hydrogen-bond acceptors (Lipinski definition) is 7. The van der Waals surface area contributed by atoms with Gasteiger partial charge in [0.05, 0.1) is 19.2 Å². The van der Waals surface area contributed by atoms with Crippen molar-refractivity contribution in [3.63, 3.8) is 0 Å². The summed E-state index contributed by atoms with van der Waals surface area (Å²) in [7, 11) is 0. The number of halogens is 1. The zero-order valence-electron chi connectivity index (χ0n) is 17.8. The minimum absolute atomic E-state index is 0.00851. The van der Waals surface area contributed by atoms with Gasteiger partial charge in [0.25, 0.3) is 5.91 Å². The Bertz CT molecular complexity index is 922. The van der Waals surface area contributed by atoms with E-state index in [-0.39, 0.29) is 43.3 Å². The van der Waals surface area contributed by atoms with E-state index in [1.807, 2.05) is 0 Å². The summed E-state index contributed by atoms with van der Waals surface area (Å²) >= 11 is 0. The first-order valence-electron chi connectivity index (χ1n) is 10.5. The Kier molecular flexibility index (Phi) is 8.18. The molecule has 0 saturated carbocycles. The van der Waals surface area contributed by atoms with Crippen LogP contribution < -0.4 is 5.32 Å². The lowest BCUT2D eigenvalue weighted by Gasteiger charge is -2.31. The Labute approximate surface area is 184 Å². The zero-order valence-corrected chi connectivity index (χ0v) is 17.8. The van der Waals surface area contributed by atoms with Gasteiger partial charge < -0.3 is 24.1 Å². The number of rotatable bonds is 8. The van der Waals surface area contributed by atoms with Crippen LogP contribution in [0.5, 0.6) is 0 Å². The minimum Gasteiger partial charge on any atom is -0.456 e. The van der Waals surface area contributed by atoms with Crippen molar-refractivity contribution in [3.8, 4) is 11.3 Å². The Hall–Kier alpha value is -3.43. The smallest absolute Gasteiger partial charge is 0.409 e. The molecule has 9 nitrogen and oxygen atoms in total. The van der Waals surface area contributed by atoms with Crippen LogP contribution in [-0.2, 0) is 25.5 Å². The lowest BCUT2D eigenvalue weighted by Crippen LogP contribution is -2.47. The lowest BCUT2D eigenvalue weighted by molar-refractivity contribution is -0.148. The van der Waals surface area contributed by atoms with Crippen molar-refractivity contribution in [2.45, 2.75) is 38.6 Å². The summed E-state index contributed by atoms with van der Waals surface area (Å²) in [6.45, 7) is 2.71. The van der Waals surface area contributed by atoms with Gasteiger partial charge >= 0.3 is 12.1 Å². The summed E-state index contributed by atoms with van der Waals surface area (Å²) in [5, 5.41) is 2.81. The van der Waals surface area contributed by atoms with Gasteiger partial charge in [0.1, 0.15) is 5.82 Å². The number of esters is 1. The van der Waals surface area contributed by atoms with Crippen LogP contribution >= 0.6 is 0 Å². The molecule has 2 aromatic rings. The number of carbonyl (C=O) groups excluding carboxylic acids is 3. The Balaban J connectivity index is 1.33. The normalized spacial score (nSPS) is 14.1. The molecule has 1 aliphatic rings. The monoisotopic (exact) mass is 447 g/mol. The first-order chi connectivity index (χ1) is 15.4. The third-order valence-corrected chi connectivity index (χ3v) is 4.98. The maximum absolute atomic E-state index is 13.0. The maximum Gasteiger partial charge on any atom is 0.409 e. The highest BCUT2D eigenvalue weighted by Crippen LogP contribution is 2.21. The van der Waals surface area contributed by atoms with Crippen molar-refractivity contribution >= 4 is 18.0 Å². The summed E-state index contributed by atoms with van der Waals surface area (Å²) in [5.74, 6) is -0.454. The Morgan fingerprint density at radius 3 is 2.59 bits per heavy atom. The second-order valence-corrected chi connectivity index (χ2v) is 7.31. The number of likely N-dealkylation sites (tertiary alicyclic amines) is 1. The quantitative estimate of drug-likeness (QED) is 0.620. The summed E-state index contributed by atoms with van der Waals surface area (Å²) in [5.41, 5.74) is 0.678. The second-order valence-electron chi connectivity index (χ2n) is 7.31. The molecule has 1 aliphatic heterocycles. The number of aryl methyl sites for hydroxylation is 1. The standard InChI is InChI=1S/C22H26FN3O6/c1-2-30-22(29)26-11-9-17(10-12-26)25-19(27)14-31-21(28)8-7-20-24-13-18(32-20)15-3-5-16(23)6-4-15/h3-6,13,17H,2,7-12,14H2,1H3,(H,25,27). The third-order valence-electron chi connectivity index (χ3n) is 4.98. The van der Waals surface area contributed by atoms with Gasteiger partial charge in [-0.1, -0.05) is 0 Å². The highest BCUT2D eigenvalue weighted by atomic mass is 19.1. The van der Waals surface area contributed by atoms with Crippen molar-refractivity contribution in [2.75, 3.05) is 26.3 Å². The molecule has 0 unspecified atom stereocenters. The number of nitrogens with zero attached hydrogens (tertiary/aromatic N) is 2. The molecular weight excluding hydrogens is 421 g/mol. The molecule has 0 atom stereocenters. The molecule has 1 N–H and O–H groups in total. The summed E-state index contributed by atoms with van der Waals surface area (Å²) in [6.07, 6.45) is 2.61. The molecule has 1 aromatic carbocycles. The van der Waals surface area contributed by atoms with Gasteiger partial charge in [0.15, 0.2) is 18.3 Å². The second kappa shape index (κ2) is 11.3. The molecular formula is C22H26FN3O6. The van der Waals surface area contributed by atoms with Gasteiger partial charge in [-0.3, -0.25) is 9.59 Å². The van der Waals surface area contributed by atoms with E-state index in [9.17, 15) is 18.8 Å². The van der Waals surface area contributed by atoms with Crippen molar-refractivity contribution < 1.29 is 32.7 Å². The highest BCUT2D eigenvalue weighted by molar-refractivity contribution is 5.80. The van der Waals surface area contributed by atoms with E-state index < -0.39 is 5.97 Å². The van der Waals surface area contributed by atoms with E-state index >= 15 is 0 Å². The fourth-order valence-corrected chi connectivity index (χ4v) is 3.29. The fourth-order valence-electron chi connectivity index (χ4n) is 3.29. The number of hydrogen-bond donors (Lipinski definition) is 1. The topological polar surface area (TPSA) is 111 Å². The highest BCUT2D eigenvalue weighted by Gasteiger charge is 2.24. The van der Waals surface area contributed by atoms with Gasteiger partial charge in [-0.2, -0.15) is 0 Å². The number of amides is 2. The minimum atomic E-state index is -0.543. The van der Waals surface area contributed by atoms with Crippen LogP contribution in [0.4, 0.5) is 9.18 Å². The fraction of sp³-hybridized carbons (Fsp3) is 0.455. The molecule has 0 bridgehead atoms. The number of benzene rings is 1. The zero-order chi connectivity index (χ0) is 22.9. The van der Waals surface area contributed by atoms with Crippen LogP contribution in [0.3, 0.4) is 0 Å². The molecule has 0 radical (unpaired) electrons. The predicted molar refractivity (Wildman–Crippen MR) is 111 cm³/mol. The molecule has 172 valence electrons. The molecule has 0 aliphatic carbocycles. The van der Waals surface area contributed by atoms with E-state index in [0.717, 1.165) is 0 Å². The number of carbonyl (C=O) groups is 3. The largest absolute Gasteiger partial charge is 0.456 e. The van der Waals surface area contributed by atoms with Crippen molar-refractivity contribution in [2.24, 2.45) is 0 Å². The van der Waals surface area contributed by atoms with Crippen LogP contribution in [0, 0.1) is 5.82 Å². The average Bonchev–Trinajstić information content (AvgIpc) is 3.26. The molecule has 1 aromatic heterocycles. The number of oxazole rings is 1. The SMILES string of the molecule is CCOC(=O)N1CCC(NC(=O)COC(=O)CCc2ncc(-c3ccc(F)cc3)o2)CC1.